The third kappa shape index (κ3) is 2.63. The Bertz CT molecular complexity index is 284. The number of hydrogen-bond acceptors (Lipinski definition) is 4. The molecule has 5 N–H and O–H groups in total. The maximum atomic E-state index is 9.61. The van der Waals surface area contributed by atoms with Crippen LogP contribution in [0.1, 0.15) is 26.2 Å². The number of nitrogens with two attached hydrogens (primary N) is 2. The van der Waals surface area contributed by atoms with Crippen molar-refractivity contribution >= 4 is 11.5 Å². The van der Waals surface area contributed by atoms with Gasteiger partial charge in [-0.15, -0.1) is 0 Å². The molecule has 0 saturated heterocycles. The van der Waals surface area contributed by atoms with Gasteiger partial charge in [-0.2, -0.15) is 5.10 Å². The van der Waals surface area contributed by atoms with Crippen molar-refractivity contribution in [3.63, 3.8) is 0 Å². The van der Waals surface area contributed by atoms with Gasteiger partial charge in [0, 0.05) is 0 Å². The smallest absolute Gasteiger partial charge is 0.145 e. The maximum Gasteiger partial charge on any atom is 0.145 e. The standard InChI is InChI=1S/C9H18N4O/c1-2-3-4-7(14)6-13-9(11)8(10)5-12-13/h5,7,14H,2-4,6,10-11H2,1H3. The highest BCUT2D eigenvalue weighted by Crippen LogP contribution is 2.13. The minimum atomic E-state index is -0.392. The molecule has 0 aliphatic heterocycles. The molecule has 0 aromatic carbocycles. The fraction of sp³-hybridized carbons (Fsp3) is 0.667. The number of nitrogen functional groups attached to an aromatic ring is 2. The van der Waals surface area contributed by atoms with Crippen LogP contribution in [-0.2, 0) is 6.54 Å². The number of aliphatic hydroxyl groups is 1. The third-order valence-corrected chi connectivity index (χ3v) is 2.18. The summed E-state index contributed by atoms with van der Waals surface area (Å²) in [5.41, 5.74) is 11.6. The van der Waals surface area contributed by atoms with Crippen LogP contribution in [0.15, 0.2) is 6.20 Å². The van der Waals surface area contributed by atoms with E-state index in [-0.39, 0.29) is 0 Å². The molecule has 0 amide bonds. The van der Waals surface area contributed by atoms with E-state index in [0.29, 0.717) is 18.1 Å². The first-order valence-electron chi connectivity index (χ1n) is 4.90. The minimum Gasteiger partial charge on any atom is -0.394 e. The van der Waals surface area contributed by atoms with Crippen molar-refractivity contribution in [2.75, 3.05) is 11.5 Å². The molecule has 0 bridgehead atoms. The Morgan fingerprint density at radius 1 is 1.57 bits per heavy atom. The van der Waals surface area contributed by atoms with Gasteiger partial charge in [0.25, 0.3) is 0 Å². The van der Waals surface area contributed by atoms with Crippen LogP contribution < -0.4 is 11.5 Å². The van der Waals surface area contributed by atoms with E-state index in [1.807, 2.05) is 0 Å². The molecule has 14 heavy (non-hydrogen) atoms. The van der Waals surface area contributed by atoms with Gasteiger partial charge in [0.1, 0.15) is 5.82 Å². The quantitative estimate of drug-likeness (QED) is 0.646. The molecule has 0 fully saturated rings. The molecule has 0 spiro atoms. The molecule has 0 aliphatic rings. The number of unbranched alkanes of at least 4 members (excludes halogenated alkanes) is 1. The second kappa shape index (κ2) is 4.85. The molecular formula is C9H18N4O. The predicted octanol–water partition coefficient (Wildman–Crippen LogP) is 0.599. The number of anilines is 2. The van der Waals surface area contributed by atoms with Crippen molar-refractivity contribution in [3.05, 3.63) is 6.20 Å². The predicted molar refractivity (Wildman–Crippen MR) is 56.6 cm³/mol. The van der Waals surface area contributed by atoms with Crippen molar-refractivity contribution in [3.8, 4) is 0 Å². The fourth-order valence-corrected chi connectivity index (χ4v) is 1.29. The average Bonchev–Trinajstić information content (AvgIpc) is 2.46. The molecule has 1 aromatic rings. The van der Waals surface area contributed by atoms with E-state index in [1.165, 1.54) is 10.9 Å². The summed E-state index contributed by atoms with van der Waals surface area (Å²) in [5.74, 6) is 0.431. The molecule has 0 aliphatic carbocycles. The van der Waals surface area contributed by atoms with E-state index in [9.17, 15) is 5.11 Å². The Morgan fingerprint density at radius 3 is 2.79 bits per heavy atom. The average molecular weight is 198 g/mol. The zero-order valence-electron chi connectivity index (χ0n) is 8.48. The van der Waals surface area contributed by atoms with Crippen LogP contribution in [0.4, 0.5) is 11.5 Å². The van der Waals surface area contributed by atoms with E-state index in [4.69, 9.17) is 11.5 Å². The van der Waals surface area contributed by atoms with Crippen LogP contribution in [0.2, 0.25) is 0 Å². The summed E-state index contributed by atoms with van der Waals surface area (Å²) in [7, 11) is 0. The molecule has 1 aromatic heterocycles. The molecule has 5 heteroatoms. The van der Waals surface area contributed by atoms with Gasteiger partial charge in [-0.25, -0.2) is 4.68 Å². The van der Waals surface area contributed by atoms with Crippen LogP contribution in [0.25, 0.3) is 0 Å². The van der Waals surface area contributed by atoms with Gasteiger partial charge in [-0.1, -0.05) is 19.8 Å². The van der Waals surface area contributed by atoms with Gasteiger partial charge < -0.3 is 16.6 Å². The van der Waals surface area contributed by atoms with Crippen molar-refractivity contribution in [2.24, 2.45) is 0 Å². The first-order chi connectivity index (χ1) is 6.65. The van der Waals surface area contributed by atoms with Crippen molar-refractivity contribution < 1.29 is 5.11 Å². The van der Waals surface area contributed by atoms with Gasteiger partial charge in [0.05, 0.1) is 24.5 Å². The first kappa shape index (κ1) is 10.8. The molecule has 5 nitrogen and oxygen atoms in total. The fourth-order valence-electron chi connectivity index (χ4n) is 1.29. The zero-order valence-corrected chi connectivity index (χ0v) is 8.48. The van der Waals surface area contributed by atoms with Gasteiger partial charge in [-0.3, -0.25) is 0 Å². The highest BCUT2D eigenvalue weighted by atomic mass is 16.3. The van der Waals surface area contributed by atoms with Crippen molar-refractivity contribution in [1.82, 2.24) is 9.78 Å². The first-order valence-corrected chi connectivity index (χ1v) is 4.90. The zero-order chi connectivity index (χ0) is 10.6. The Balaban J connectivity index is 2.47. The third-order valence-electron chi connectivity index (χ3n) is 2.18. The summed E-state index contributed by atoms with van der Waals surface area (Å²) < 4.78 is 1.54. The highest BCUT2D eigenvalue weighted by Gasteiger charge is 2.09. The van der Waals surface area contributed by atoms with E-state index in [0.717, 1.165) is 19.3 Å². The lowest BCUT2D eigenvalue weighted by molar-refractivity contribution is 0.138. The van der Waals surface area contributed by atoms with E-state index < -0.39 is 6.10 Å². The summed E-state index contributed by atoms with van der Waals surface area (Å²) in [6, 6.07) is 0. The lowest BCUT2D eigenvalue weighted by Crippen LogP contribution is -2.18. The van der Waals surface area contributed by atoms with Crippen LogP contribution in [-0.4, -0.2) is 21.0 Å². The number of aliphatic hydroxyl groups excluding tert-OH is 1. The largest absolute Gasteiger partial charge is 0.394 e. The van der Waals surface area contributed by atoms with Gasteiger partial charge in [-0.05, 0) is 6.42 Å². The normalized spacial score (nSPS) is 13.0. The second-order valence-electron chi connectivity index (χ2n) is 3.46. The summed E-state index contributed by atoms with van der Waals surface area (Å²) in [5, 5.41) is 13.6. The molecule has 1 heterocycles. The minimum absolute atomic E-state index is 0.392. The van der Waals surface area contributed by atoms with E-state index in [1.54, 1.807) is 0 Å². The molecule has 0 saturated carbocycles. The molecule has 1 rings (SSSR count). The van der Waals surface area contributed by atoms with Crippen LogP contribution in [0.3, 0.4) is 0 Å². The topological polar surface area (TPSA) is 90.1 Å². The number of hydrogen-bond donors (Lipinski definition) is 3. The molecule has 1 unspecified atom stereocenters. The maximum absolute atomic E-state index is 9.61. The summed E-state index contributed by atoms with van der Waals surface area (Å²) in [6.45, 7) is 2.51. The Morgan fingerprint density at radius 2 is 2.29 bits per heavy atom. The summed E-state index contributed by atoms with van der Waals surface area (Å²) in [6.07, 6.45) is 3.97. The Labute approximate surface area is 83.7 Å². The number of rotatable bonds is 5. The van der Waals surface area contributed by atoms with Crippen molar-refractivity contribution in [2.45, 2.75) is 38.8 Å². The van der Waals surface area contributed by atoms with E-state index in [2.05, 4.69) is 12.0 Å². The Hall–Kier alpha value is -1.23. The molecule has 1 atom stereocenters. The Kier molecular flexibility index (Phi) is 3.76. The number of nitrogens with zero attached hydrogens (tertiary/aromatic N) is 2. The molecule has 80 valence electrons. The molecule has 0 radical (unpaired) electrons. The van der Waals surface area contributed by atoms with Crippen LogP contribution in [0, 0.1) is 0 Å². The van der Waals surface area contributed by atoms with E-state index >= 15 is 0 Å². The van der Waals surface area contributed by atoms with Gasteiger partial charge in [0.15, 0.2) is 0 Å². The lowest BCUT2D eigenvalue weighted by Gasteiger charge is -2.10. The number of aromatic nitrogens is 2. The van der Waals surface area contributed by atoms with Crippen LogP contribution in [0.5, 0.6) is 0 Å². The monoisotopic (exact) mass is 198 g/mol. The van der Waals surface area contributed by atoms with Gasteiger partial charge in [0.2, 0.25) is 0 Å². The van der Waals surface area contributed by atoms with Crippen LogP contribution >= 0.6 is 0 Å². The summed E-state index contributed by atoms with van der Waals surface area (Å²) in [4.78, 5) is 0. The lowest BCUT2D eigenvalue weighted by atomic mass is 10.1. The highest BCUT2D eigenvalue weighted by molar-refractivity contribution is 5.56. The summed E-state index contributed by atoms with van der Waals surface area (Å²) >= 11 is 0. The SMILES string of the molecule is CCCCC(O)Cn1ncc(N)c1N. The van der Waals surface area contributed by atoms with Crippen molar-refractivity contribution in [1.29, 1.82) is 0 Å². The molecular weight excluding hydrogens is 180 g/mol. The second-order valence-corrected chi connectivity index (χ2v) is 3.46. The van der Waals surface area contributed by atoms with Gasteiger partial charge >= 0.3 is 0 Å².